The molecule has 1 aromatic rings. The van der Waals surface area contributed by atoms with E-state index in [0.717, 1.165) is 18.7 Å². The van der Waals surface area contributed by atoms with E-state index in [1.165, 1.54) is 0 Å². The van der Waals surface area contributed by atoms with E-state index in [-0.39, 0.29) is 12.6 Å². The van der Waals surface area contributed by atoms with Crippen LogP contribution >= 0.6 is 0 Å². The maximum absolute atomic E-state index is 11.9. The van der Waals surface area contributed by atoms with Crippen LogP contribution in [0, 0.1) is 0 Å². The summed E-state index contributed by atoms with van der Waals surface area (Å²) in [4.78, 5) is 0. The van der Waals surface area contributed by atoms with Crippen LogP contribution in [0.1, 0.15) is 31.5 Å². The van der Waals surface area contributed by atoms with Gasteiger partial charge in [-0.25, -0.2) is 0 Å². The largest absolute Gasteiger partial charge is 0.411 e. The summed E-state index contributed by atoms with van der Waals surface area (Å²) in [5, 5.41) is 4.14. The lowest BCUT2D eigenvalue weighted by Gasteiger charge is -2.18. The van der Waals surface area contributed by atoms with Crippen molar-refractivity contribution in [3.05, 3.63) is 18.0 Å². The second-order valence-electron chi connectivity index (χ2n) is 4.15. The Morgan fingerprint density at radius 2 is 2.26 bits per heavy atom. The van der Waals surface area contributed by atoms with Gasteiger partial charge in [-0.1, -0.05) is 6.92 Å². The van der Waals surface area contributed by atoms with E-state index in [1.54, 1.807) is 16.9 Å². The third-order valence-corrected chi connectivity index (χ3v) is 2.56. The molecule has 0 aromatic carbocycles. The number of hydrogen-bond acceptors (Lipinski definition) is 4. The highest BCUT2D eigenvalue weighted by molar-refractivity contribution is 5.06. The van der Waals surface area contributed by atoms with E-state index in [1.807, 2.05) is 6.92 Å². The van der Waals surface area contributed by atoms with Crippen molar-refractivity contribution in [2.24, 2.45) is 5.84 Å². The Bertz CT molecular complexity index is 367. The summed E-state index contributed by atoms with van der Waals surface area (Å²) in [5.74, 6) is 5.43. The molecule has 5 nitrogen and oxygen atoms in total. The molecule has 1 heterocycles. The van der Waals surface area contributed by atoms with Crippen LogP contribution < -0.4 is 11.3 Å². The zero-order valence-electron chi connectivity index (χ0n) is 10.8. The summed E-state index contributed by atoms with van der Waals surface area (Å²) in [6, 6.07) is 1.52. The molecule has 1 aromatic heterocycles. The average Bonchev–Trinajstić information content (AvgIpc) is 2.77. The molecule has 3 N–H and O–H groups in total. The Balaban J connectivity index is 2.46. The standard InChI is InChI=1S/C11H19F3N4O/c1-2-6-18-10(3-5-16-18)9(17-15)4-7-19-8-11(12,13)14/h3,5,9,17H,2,4,6-8,15H2,1H3. The fourth-order valence-corrected chi connectivity index (χ4v) is 1.74. The molecule has 0 amide bonds. The van der Waals surface area contributed by atoms with Gasteiger partial charge >= 0.3 is 6.18 Å². The van der Waals surface area contributed by atoms with Gasteiger partial charge in [-0.15, -0.1) is 0 Å². The highest BCUT2D eigenvalue weighted by Gasteiger charge is 2.27. The van der Waals surface area contributed by atoms with Crippen molar-refractivity contribution in [3.8, 4) is 0 Å². The van der Waals surface area contributed by atoms with Crippen LogP contribution in [-0.4, -0.2) is 29.2 Å². The van der Waals surface area contributed by atoms with Gasteiger partial charge in [0.2, 0.25) is 0 Å². The predicted octanol–water partition coefficient (Wildman–Crippen LogP) is 1.77. The third kappa shape index (κ3) is 5.58. The number of alkyl halides is 3. The fraction of sp³-hybridized carbons (Fsp3) is 0.727. The van der Waals surface area contributed by atoms with Crippen molar-refractivity contribution in [2.75, 3.05) is 13.2 Å². The highest BCUT2D eigenvalue weighted by atomic mass is 19.4. The summed E-state index contributed by atoms with van der Waals surface area (Å²) < 4.78 is 42.1. The number of ether oxygens (including phenoxy) is 1. The maximum atomic E-state index is 11.9. The van der Waals surface area contributed by atoms with Crippen molar-refractivity contribution in [1.82, 2.24) is 15.2 Å². The minimum absolute atomic E-state index is 0.0221. The Kier molecular flexibility index (Phi) is 6.26. The van der Waals surface area contributed by atoms with Crippen LogP contribution in [0.3, 0.4) is 0 Å². The van der Waals surface area contributed by atoms with Gasteiger partial charge in [0.05, 0.1) is 11.7 Å². The first-order valence-electron chi connectivity index (χ1n) is 6.10. The fourth-order valence-electron chi connectivity index (χ4n) is 1.74. The lowest BCUT2D eigenvalue weighted by Crippen LogP contribution is -2.31. The van der Waals surface area contributed by atoms with Crippen molar-refractivity contribution in [1.29, 1.82) is 0 Å². The molecule has 0 saturated heterocycles. The number of aryl methyl sites for hydroxylation is 1. The predicted molar refractivity (Wildman–Crippen MR) is 64.1 cm³/mol. The number of hydrogen-bond donors (Lipinski definition) is 2. The van der Waals surface area contributed by atoms with Gasteiger partial charge in [0.15, 0.2) is 0 Å². The van der Waals surface area contributed by atoms with Crippen molar-refractivity contribution in [2.45, 2.75) is 38.5 Å². The minimum atomic E-state index is -4.30. The number of nitrogens with one attached hydrogen (secondary N) is 1. The Morgan fingerprint density at radius 3 is 2.84 bits per heavy atom. The van der Waals surface area contributed by atoms with Gasteiger partial charge in [0.25, 0.3) is 0 Å². The summed E-state index contributed by atoms with van der Waals surface area (Å²) in [6.45, 7) is 1.50. The molecule has 110 valence electrons. The molecule has 0 radical (unpaired) electrons. The first kappa shape index (κ1) is 15.9. The molecule has 0 bridgehead atoms. The Hall–Kier alpha value is -1.12. The number of halogens is 3. The van der Waals surface area contributed by atoms with E-state index in [0.29, 0.717) is 6.42 Å². The molecule has 1 atom stereocenters. The van der Waals surface area contributed by atoms with Crippen LogP contribution in [0.5, 0.6) is 0 Å². The van der Waals surface area contributed by atoms with Gasteiger partial charge in [0, 0.05) is 19.3 Å². The van der Waals surface area contributed by atoms with Gasteiger partial charge < -0.3 is 4.74 Å². The summed E-state index contributed by atoms with van der Waals surface area (Å²) in [5.41, 5.74) is 3.43. The van der Waals surface area contributed by atoms with Crippen molar-refractivity contribution in [3.63, 3.8) is 0 Å². The molecule has 1 unspecified atom stereocenters. The Labute approximate surface area is 109 Å². The number of nitrogens with zero attached hydrogens (tertiary/aromatic N) is 2. The summed E-state index contributed by atoms with van der Waals surface area (Å²) in [6.07, 6.45) is -1.39. The normalized spacial score (nSPS) is 13.7. The zero-order chi connectivity index (χ0) is 14.3. The molecule has 1 rings (SSSR count). The zero-order valence-corrected chi connectivity index (χ0v) is 10.8. The molecule has 0 fully saturated rings. The lowest BCUT2D eigenvalue weighted by molar-refractivity contribution is -0.174. The second-order valence-corrected chi connectivity index (χ2v) is 4.15. The van der Waals surface area contributed by atoms with Crippen molar-refractivity contribution >= 4 is 0 Å². The summed E-state index contributed by atoms with van der Waals surface area (Å²) in [7, 11) is 0. The number of nitrogens with two attached hydrogens (primary N) is 1. The number of aromatic nitrogens is 2. The molecule has 0 spiro atoms. The molecule has 0 saturated carbocycles. The van der Waals surface area contributed by atoms with Crippen LogP contribution in [0.15, 0.2) is 12.3 Å². The van der Waals surface area contributed by atoms with Crippen LogP contribution in [-0.2, 0) is 11.3 Å². The molecule has 8 heteroatoms. The van der Waals surface area contributed by atoms with Crippen molar-refractivity contribution < 1.29 is 17.9 Å². The highest BCUT2D eigenvalue weighted by Crippen LogP contribution is 2.18. The van der Waals surface area contributed by atoms with Gasteiger partial charge in [0.1, 0.15) is 6.61 Å². The first-order valence-corrected chi connectivity index (χ1v) is 6.10. The monoisotopic (exact) mass is 280 g/mol. The van der Waals surface area contributed by atoms with E-state index >= 15 is 0 Å². The van der Waals surface area contributed by atoms with E-state index in [2.05, 4.69) is 15.3 Å². The minimum Gasteiger partial charge on any atom is -0.372 e. The van der Waals surface area contributed by atoms with Crippen LogP contribution in [0.4, 0.5) is 13.2 Å². The number of hydrazine groups is 1. The number of rotatable bonds is 8. The molecule has 0 aliphatic rings. The van der Waals surface area contributed by atoms with E-state index < -0.39 is 12.8 Å². The topological polar surface area (TPSA) is 65.1 Å². The Morgan fingerprint density at radius 1 is 1.53 bits per heavy atom. The molecule has 0 aliphatic heterocycles. The van der Waals surface area contributed by atoms with Crippen LogP contribution in [0.2, 0.25) is 0 Å². The molecular formula is C11H19F3N4O. The van der Waals surface area contributed by atoms with Gasteiger partial charge in [-0.05, 0) is 18.9 Å². The summed E-state index contributed by atoms with van der Waals surface area (Å²) >= 11 is 0. The quantitative estimate of drug-likeness (QED) is 0.433. The third-order valence-electron chi connectivity index (χ3n) is 2.56. The molecule has 19 heavy (non-hydrogen) atoms. The smallest absolute Gasteiger partial charge is 0.372 e. The van der Waals surface area contributed by atoms with E-state index in [9.17, 15) is 13.2 Å². The van der Waals surface area contributed by atoms with Gasteiger partial charge in [-0.2, -0.15) is 18.3 Å². The first-order chi connectivity index (χ1) is 8.98. The molecule has 0 aliphatic carbocycles. The average molecular weight is 280 g/mol. The van der Waals surface area contributed by atoms with Gasteiger partial charge in [-0.3, -0.25) is 16.0 Å². The maximum Gasteiger partial charge on any atom is 0.411 e. The van der Waals surface area contributed by atoms with E-state index in [4.69, 9.17) is 5.84 Å². The lowest BCUT2D eigenvalue weighted by atomic mass is 10.1. The second kappa shape index (κ2) is 7.46. The molecular weight excluding hydrogens is 261 g/mol. The SMILES string of the molecule is CCCn1nccc1C(CCOCC(F)(F)F)NN. The van der Waals surface area contributed by atoms with Crippen LogP contribution in [0.25, 0.3) is 0 Å².